The minimum atomic E-state index is -4.08. The van der Waals surface area contributed by atoms with E-state index in [4.69, 9.17) is 9.47 Å². The maximum atomic E-state index is 13.7. The van der Waals surface area contributed by atoms with E-state index in [-0.39, 0.29) is 22.0 Å². The van der Waals surface area contributed by atoms with Gasteiger partial charge in [0.1, 0.15) is 18.0 Å². The Morgan fingerprint density at radius 1 is 0.917 bits per heavy atom. The first kappa shape index (κ1) is 27.1. The van der Waals surface area contributed by atoms with Crippen molar-refractivity contribution >= 4 is 21.6 Å². The molecule has 0 aliphatic rings. The Morgan fingerprint density at radius 3 is 2.14 bits per heavy atom. The smallest absolute Gasteiger partial charge is 0.264 e. The molecule has 1 atom stereocenters. The topological polar surface area (TPSA) is 84.9 Å². The summed E-state index contributed by atoms with van der Waals surface area (Å²) in [6, 6.07) is 22.7. The summed E-state index contributed by atoms with van der Waals surface area (Å²) in [5, 5.41) is 2.98. The van der Waals surface area contributed by atoms with Crippen LogP contribution in [0, 0.1) is 0 Å². The lowest BCUT2D eigenvalue weighted by molar-refractivity contribution is -0.120. The van der Waals surface area contributed by atoms with E-state index in [1.165, 1.54) is 31.9 Å². The Hall–Kier alpha value is -3.52. The van der Waals surface area contributed by atoms with Crippen LogP contribution in [0.25, 0.3) is 0 Å². The van der Waals surface area contributed by atoms with Crippen molar-refractivity contribution < 1.29 is 22.7 Å². The molecule has 3 aromatic rings. The van der Waals surface area contributed by atoms with Crippen molar-refractivity contribution in [1.29, 1.82) is 0 Å². The molecule has 3 rings (SSSR count). The van der Waals surface area contributed by atoms with Crippen LogP contribution < -0.4 is 19.1 Å². The molecule has 0 saturated heterocycles. The quantitative estimate of drug-likeness (QED) is 0.402. The summed E-state index contributed by atoms with van der Waals surface area (Å²) >= 11 is 0. The maximum Gasteiger partial charge on any atom is 0.264 e. The molecule has 8 heteroatoms. The van der Waals surface area contributed by atoms with Gasteiger partial charge in [0.15, 0.2) is 0 Å². The lowest BCUT2D eigenvalue weighted by atomic mass is 9.79. The number of amides is 1. The van der Waals surface area contributed by atoms with Gasteiger partial charge in [-0.2, -0.15) is 0 Å². The summed E-state index contributed by atoms with van der Waals surface area (Å²) in [6.07, 6.45) is 0.683. The van der Waals surface area contributed by atoms with Crippen molar-refractivity contribution in [3.05, 3.63) is 84.4 Å². The molecule has 1 unspecified atom stereocenters. The van der Waals surface area contributed by atoms with E-state index in [1.54, 1.807) is 36.4 Å². The van der Waals surface area contributed by atoms with E-state index in [1.807, 2.05) is 25.1 Å². The number of rotatable bonds is 11. The van der Waals surface area contributed by atoms with Crippen molar-refractivity contribution in [3.63, 3.8) is 0 Å². The summed E-state index contributed by atoms with van der Waals surface area (Å²) < 4.78 is 39.0. The van der Waals surface area contributed by atoms with Crippen LogP contribution in [0.5, 0.6) is 11.5 Å². The fraction of sp³-hybridized carbons (Fsp3) is 0.321. The zero-order chi connectivity index (χ0) is 26.3. The molecular formula is C28H34N2O5S. The Balaban J connectivity index is 1.85. The van der Waals surface area contributed by atoms with Crippen LogP contribution in [0.2, 0.25) is 0 Å². The van der Waals surface area contributed by atoms with Gasteiger partial charge in [-0.15, -0.1) is 0 Å². The molecule has 0 aromatic heterocycles. The van der Waals surface area contributed by atoms with Crippen molar-refractivity contribution in [1.82, 2.24) is 5.32 Å². The monoisotopic (exact) mass is 510 g/mol. The molecular weight excluding hydrogens is 476 g/mol. The summed E-state index contributed by atoms with van der Waals surface area (Å²) in [5.74, 6) is 0.473. The zero-order valence-electron chi connectivity index (χ0n) is 21.4. The number of hydrogen-bond donors (Lipinski definition) is 1. The summed E-state index contributed by atoms with van der Waals surface area (Å²) in [4.78, 5) is 13.2. The molecule has 0 aliphatic carbocycles. The Kier molecular flexibility index (Phi) is 8.63. The lowest BCUT2D eigenvalue weighted by Gasteiger charge is -2.30. The molecule has 192 valence electrons. The molecule has 7 nitrogen and oxygen atoms in total. The average molecular weight is 511 g/mol. The van der Waals surface area contributed by atoms with E-state index in [0.29, 0.717) is 17.9 Å². The van der Waals surface area contributed by atoms with Crippen molar-refractivity contribution in [2.24, 2.45) is 0 Å². The van der Waals surface area contributed by atoms with Gasteiger partial charge in [0.2, 0.25) is 5.91 Å². The Morgan fingerprint density at radius 2 is 1.53 bits per heavy atom. The van der Waals surface area contributed by atoms with Gasteiger partial charge >= 0.3 is 0 Å². The van der Waals surface area contributed by atoms with E-state index >= 15 is 0 Å². The molecule has 0 spiro atoms. The number of sulfonamides is 1. The lowest BCUT2D eigenvalue weighted by Crippen LogP contribution is -2.45. The molecule has 1 N–H and O–H groups in total. The predicted octanol–water partition coefficient (Wildman–Crippen LogP) is 4.77. The second-order valence-corrected chi connectivity index (χ2v) is 11.1. The van der Waals surface area contributed by atoms with Gasteiger partial charge in [-0.05, 0) is 60.7 Å². The van der Waals surface area contributed by atoms with Crippen molar-refractivity contribution in [3.8, 4) is 11.5 Å². The highest BCUT2D eigenvalue weighted by Gasteiger charge is 2.30. The molecule has 0 heterocycles. The number of hydrogen-bond acceptors (Lipinski definition) is 5. The van der Waals surface area contributed by atoms with Gasteiger partial charge in [0.25, 0.3) is 10.0 Å². The maximum absolute atomic E-state index is 13.7. The van der Waals surface area contributed by atoms with E-state index in [2.05, 4.69) is 31.3 Å². The summed E-state index contributed by atoms with van der Waals surface area (Å²) in [6.45, 7) is 5.78. The highest BCUT2D eigenvalue weighted by Crippen LogP contribution is 2.33. The number of benzene rings is 3. The molecule has 0 aliphatic heterocycles. The van der Waals surface area contributed by atoms with Crippen LogP contribution in [0.3, 0.4) is 0 Å². The van der Waals surface area contributed by atoms with Crippen LogP contribution in [0.15, 0.2) is 83.8 Å². The van der Waals surface area contributed by atoms with Crippen LogP contribution >= 0.6 is 0 Å². The molecule has 0 fully saturated rings. The second kappa shape index (κ2) is 11.5. The summed E-state index contributed by atoms with van der Waals surface area (Å²) in [5.41, 5.74) is 1.28. The van der Waals surface area contributed by atoms with E-state index < -0.39 is 22.5 Å². The largest absolute Gasteiger partial charge is 0.497 e. The standard InChI is InChI=1S/C28H34N2O5S/c1-21(19-28(2,3)22-11-7-6-8-12-22)29-27(31)20-30(25-13-9-10-14-26(25)35-5)36(32,33)24-17-15-23(34-4)16-18-24/h6-18,21H,19-20H2,1-5H3,(H,29,31). The number of methoxy groups -OCH3 is 2. The zero-order valence-corrected chi connectivity index (χ0v) is 22.2. The third kappa shape index (κ3) is 6.37. The Labute approximate surface area is 214 Å². The highest BCUT2D eigenvalue weighted by molar-refractivity contribution is 7.92. The van der Waals surface area contributed by atoms with Crippen LogP contribution in [-0.4, -0.2) is 41.1 Å². The van der Waals surface area contributed by atoms with Crippen LogP contribution in [-0.2, 0) is 20.2 Å². The fourth-order valence-electron chi connectivity index (χ4n) is 4.28. The highest BCUT2D eigenvalue weighted by atomic mass is 32.2. The number of carbonyl (C=O) groups is 1. The molecule has 0 radical (unpaired) electrons. The first-order chi connectivity index (χ1) is 17.1. The van der Waals surface area contributed by atoms with Gasteiger partial charge < -0.3 is 14.8 Å². The SMILES string of the molecule is COc1ccc(S(=O)(=O)N(CC(=O)NC(C)CC(C)(C)c2ccccc2)c2ccccc2OC)cc1. The molecule has 3 aromatic carbocycles. The third-order valence-electron chi connectivity index (χ3n) is 6.07. The first-order valence-corrected chi connectivity index (χ1v) is 13.2. The van der Waals surface area contributed by atoms with Gasteiger partial charge in [0.05, 0.1) is 24.8 Å². The van der Waals surface area contributed by atoms with Crippen molar-refractivity contribution in [2.75, 3.05) is 25.1 Å². The number of nitrogens with one attached hydrogen (secondary N) is 1. The average Bonchev–Trinajstić information content (AvgIpc) is 2.87. The van der Waals surface area contributed by atoms with Gasteiger partial charge in [-0.3, -0.25) is 9.10 Å². The Bertz CT molecular complexity index is 1260. The normalized spacial score (nSPS) is 12.5. The number of ether oxygens (including phenoxy) is 2. The molecule has 36 heavy (non-hydrogen) atoms. The van der Waals surface area contributed by atoms with Crippen LogP contribution in [0.1, 0.15) is 32.8 Å². The number of nitrogens with zero attached hydrogens (tertiary/aromatic N) is 1. The number of para-hydroxylation sites is 2. The van der Waals surface area contributed by atoms with E-state index in [0.717, 1.165) is 4.31 Å². The minimum absolute atomic E-state index is 0.0419. The summed E-state index contributed by atoms with van der Waals surface area (Å²) in [7, 11) is -1.11. The molecule has 0 saturated carbocycles. The minimum Gasteiger partial charge on any atom is -0.497 e. The number of carbonyl (C=O) groups excluding carboxylic acids is 1. The van der Waals surface area contributed by atoms with Gasteiger partial charge in [-0.25, -0.2) is 8.42 Å². The second-order valence-electron chi connectivity index (χ2n) is 9.28. The molecule has 0 bridgehead atoms. The van der Waals surface area contributed by atoms with Gasteiger partial charge in [-0.1, -0.05) is 56.3 Å². The van der Waals surface area contributed by atoms with Crippen LogP contribution in [0.4, 0.5) is 5.69 Å². The molecule has 1 amide bonds. The van der Waals surface area contributed by atoms with Gasteiger partial charge in [0, 0.05) is 6.04 Å². The van der Waals surface area contributed by atoms with E-state index in [9.17, 15) is 13.2 Å². The number of anilines is 1. The first-order valence-electron chi connectivity index (χ1n) is 11.7. The predicted molar refractivity (Wildman–Crippen MR) is 142 cm³/mol. The fourth-order valence-corrected chi connectivity index (χ4v) is 5.72. The third-order valence-corrected chi connectivity index (χ3v) is 7.84. The van der Waals surface area contributed by atoms with Crippen molar-refractivity contribution in [2.45, 2.75) is 43.5 Å².